The molecule has 0 fully saturated rings. The summed E-state index contributed by atoms with van der Waals surface area (Å²) in [7, 11) is 0. The Kier molecular flexibility index (Phi) is 3.04. The van der Waals surface area contributed by atoms with Crippen molar-refractivity contribution in [2.45, 2.75) is 6.04 Å². The molecule has 94 valence electrons. The lowest BCUT2D eigenvalue weighted by Crippen LogP contribution is -2.11. The number of nitrogens with two attached hydrogens (primary N) is 1. The predicted octanol–water partition coefficient (Wildman–Crippen LogP) is 2.18. The molecule has 0 saturated heterocycles. The Balaban J connectivity index is 1.90. The Morgan fingerprint density at radius 1 is 0.947 bits per heavy atom. The maximum absolute atomic E-state index is 6.10. The molecule has 1 aromatic carbocycles. The summed E-state index contributed by atoms with van der Waals surface area (Å²) in [4.78, 5) is 3.95. The minimum Gasteiger partial charge on any atom is -0.419 e. The Bertz CT molecular complexity index is 651. The van der Waals surface area contributed by atoms with Crippen molar-refractivity contribution in [2.24, 2.45) is 5.73 Å². The van der Waals surface area contributed by atoms with E-state index in [2.05, 4.69) is 15.2 Å². The van der Waals surface area contributed by atoms with E-state index in [1.54, 1.807) is 12.4 Å². The van der Waals surface area contributed by atoms with E-state index >= 15 is 0 Å². The van der Waals surface area contributed by atoms with Crippen LogP contribution in [0.25, 0.3) is 11.5 Å². The molecule has 0 radical (unpaired) electrons. The molecule has 5 nitrogen and oxygen atoms in total. The minimum atomic E-state index is -0.413. The van der Waals surface area contributed by atoms with E-state index in [1.165, 1.54) is 0 Å². The van der Waals surface area contributed by atoms with E-state index in [0.29, 0.717) is 11.8 Å². The highest BCUT2D eigenvalue weighted by Gasteiger charge is 2.16. The highest BCUT2D eigenvalue weighted by Crippen LogP contribution is 2.22. The highest BCUT2D eigenvalue weighted by molar-refractivity contribution is 5.50. The molecule has 19 heavy (non-hydrogen) atoms. The Labute approximate surface area is 110 Å². The lowest BCUT2D eigenvalue weighted by Gasteiger charge is -2.06. The van der Waals surface area contributed by atoms with E-state index < -0.39 is 6.04 Å². The van der Waals surface area contributed by atoms with Crippen LogP contribution in [0.2, 0.25) is 0 Å². The Morgan fingerprint density at radius 2 is 1.68 bits per heavy atom. The van der Waals surface area contributed by atoms with Gasteiger partial charge in [-0.15, -0.1) is 10.2 Å². The summed E-state index contributed by atoms with van der Waals surface area (Å²) in [5.41, 5.74) is 7.86. The topological polar surface area (TPSA) is 77.8 Å². The van der Waals surface area contributed by atoms with Crippen LogP contribution in [0.15, 0.2) is 59.3 Å². The van der Waals surface area contributed by atoms with Gasteiger partial charge in [0.15, 0.2) is 0 Å². The molecule has 0 aliphatic heterocycles. The predicted molar refractivity (Wildman–Crippen MR) is 70.0 cm³/mol. The summed E-state index contributed by atoms with van der Waals surface area (Å²) in [5, 5.41) is 8.02. The van der Waals surface area contributed by atoms with Crippen molar-refractivity contribution in [3.63, 3.8) is 0 Å². The van der Waals surface area contributed by atoms with Crippen molar-refractivity contribution in [3.05, 3.63) is 66.3 Å². The van der Waals surface area contributed by atoms with Crippen LogP contribution in [0.4, 0.5) is 0 Å². The quantitative estimate of drug-likeness (QED) is 0.773. The van der Waals surface area contributed by atoms with Crippen LogP contribution in [-0.2, 0) is 0 Å². The van der Waals surface area contributed by atoms with Crippen LogP contribution in [0.1, 0.15) is 17.5 Å². The Hall–Kier alpha value is -2.53. The summed E-state index contributed by atoms with van der Waals surface area (Å²) in [6.07, 6.45) is 3.35. The Morgan fingerprint density at radius 3 is 2.42 bits per heavy atom. The number of pyridine rings is 1. The molecule has 0 saturated carbocycles. The molecule has 2 N–H and O–H groups in total. The molecule has 5 heteroatoms. The second kappa shape index (κ2) is 4.99. The number of hydrogen-bond donors (Lipinski definition) is 1. The van der Waals surface area contributed by atoms with Crippen LogP contribution in [0.5, 0.6) is 0 Å². The van der Waals surface area contributed by atoms with E-state index in [-0.39, 0.29) is 0 Å². The molecule has 1 atom stereocenters. The zero-order valence-corrected chi connectivity index (χ0v) is 10.1. The number of rotatable bonds is 3. The molecule has 0 aliphatic rings. The summed E-state index contributed by atoms with van der Waals surface area (Å²) in [6.45, 7) is 0. The molecule has 0 amide bonds. The largest absolute Gasteiger partial charge is 0.419 e. The summed E-state index contributed by atoms with van der Waals surface area (Å²) < 4.78 is 5.61. The van der Waals surface area contributed by atoms with Gasteiger partial charge in [-0.2, -0.15) is 0 Å². The third-order valence-corrected chi connectivity index (χ3v) is 2.79. The smallest absolute Gasteiger partial charge is 0.247 e. The highest BCUT2D eigenvalue weighted by atomic mass is 16.4. The zero-order valence-electron chi connectivity index (χ0n) is 10.1. The second-order valence-corrected chi connectivity index (χ2v) is 4.07. The van der Waals surface area contributed by atoms with E-state index in [4.69, 9.17) is 10.2 Å². The lowest BCUT2D eigenvalue weighted by atomic mass is 10.1. The van der Waals surface area contributed by atoms with Crippen LogP contribution in [-0.4, -0.2) is 15.2 Å². The normalized spacial score (nSPS) is 12.3. The molecule has 1 unspecified atom stereocenters. The molecular weight excluding hydrogens is 240 g/mol. The third kappa shape index (κ3) is 2.36. The summed E-state index contributed by atoms with van der Waals surface area (Å²) >= 11 is 0. The van der Waals surface area contributed by atoms with E-state index in [0.717, 1.165) is 11.1 Å². The number of nitrogens with zero attached hydrogens (tertiary/aromatic N) is 3. The van der Waals surface area contributed by atoms with Gasteiger partial charge in [-0.3, -0.25) is 4.98 Å². The average Bonchev–Trinajstić information content (AvgIpc) is 2.98. The average molecular weight is 252 g/mol. The van der Waals surface area contributed by atoms with Gasteiger partial charge in [0, 0.05) is 18.0 Å². The summed E-state index contributed by atoms with van der Waals surface area (Å²) in [6, 6.07) is 12.9. The fourth-order valence-electron chi connectivity index (χ4n) is 1.77. The van der Waals surface area contributed by atoms with Crippen LogP contribution in [0.3, 0.4) is 0 Å². The van der Waals surface area contributed by atoms with Crippen molar-refractivity contribution in [2.75, 3.05) is 0 Å². The van der Waals surface area contributed by atoms with E-state index in [9.17, 15) is 0 Å². The number of benzene rings is 1. The molecular formula is C14H12N4O. The number of aromatic nitrogens is 3. The molecule has 0 aliphatic carbocycles. The van der Waals surface area contributed by atoms with Crippen LogP contribution >= 0.6 is 0 Å². The van der Waals surface area contributed by atoms with Crippen LogP contribution < -0.4 is 5.73 Å². The maximum atomic E-state index is 6.10. The van der Waals surface area contributed by atoms with Crippen molar-refractivity contribution in [3.8, 4) is 11.5 Å². The fraction of sp³-hybridized carbons (Fsp3) is 0.0714. The van der Waals surface area contributed by atoms with Crippen molar-refractivity contribution >= 4 is 0 Å². The van der Waals surface area contributed by atoms with Gasteiger partial charge in [0.2, 0.25) is 11.8 Å². The van der Waals surface area contributed by atoms with Crippen molar-refractivity contribution < 1.29 is 4.42 Å². The fourth-order valence-corrected chi connectivity index (χ4v) is 1.77. The van der Waals surface area contributed by atoms with Gasteiger partial charge in [-0.1, -0.05) is 30.3 Å². The van der Waals surface area contributed by atoms with Gasteiger partial charge in [0.25, 0.3) is 0 Å². The van der Waals surface area contributed by atoms with Crippen LogP contribution in [0, 0.1) is 0 Å². The SMILES string of the molecule is NC(c1ccccc1)c1nnc(-c2ccncc2)o1. The van der Waals surface area contributed by atoms with Gasteiger partial charge < -0.3 is 10.2 Å². The lowest BCUT2D eigenvalue weighted by molar-refractivity contribution is 0.484. The van der Waals surface area contributed by atoms with Gasteiger partial charge in [-0.05, 0) is 17.7 Å². The molecule has 2 aromatic heterocycles. The zero-order chi connectivity index (χ0) is 13.1. The molecule has 3 rings (SSSR count). The minimum absolute atomic E-state index is 0.401. The first-order valence-electron chi connectivity index (χ1n) is 5.89. The summed E-state index contributed by atoms with van der Waals surface area (Å²) in [5.74, 6) is 0.849. The molecule has 2 heterocycles. The van der Waals surface area contributed by atoms with Gasteiger partial charge in [-0.25, -0.2) is 0 Å². The molecule has 3 aromatic rings. The first-order valence-corrected chi connectivity index (χ1v) is 5.89. The van der Waals surface area contributed by atoms with E-state index in [1.807, 2.05) is 42.5 Å². The monoisotopic (exact) mass is 252 g/mol. The molecule has 0 spiro atoms. The maximum Gasteiger partial charge on any atom is 0.247 e. The van der Waals surface area contributed by atoms with Gasteiger partial charge in [0.1, 0.15) is 6.04 Å². The first kappa shape index (κ1) is 11.6. The van der Waals surface area contributed by atoms with Gasteiger partial charge in [0.05, 0.1) is 0 Å². The molecule has 0 bridgehead atoms. The standard InChI is InChI=1S/C14H12N4O/c15-12(10-4-2-1-3-5-10)14-18-17-13(19-14)11-6-8-16-9-7-11/h1-9,12H,15H2. The number of hydrogen-bond acceptors (Lipinski definition) is 5. The second-order valence-electron chi connectivity index (χ2n) is 4.07. The first-order chi connectivity index (χ1) is 9.34. The van der Waals surface area contributed by atoms with Crippen molar-refractivity contribution in [1.82, 2.24) is 15.2 Å². The van der Waals surface area contributed by atoms with Gasteiger partial charge >= 0.3 is 0 Å². The van der Waals surface area contributed by atoms with Crippen molar-refractivity contribution in [1.29, 1.82) is 0 Å². The third-order valence-electron chi connectivity index (χ3n) is 2.79.